The first-order valence-corrected chi connectivity index (χ1v) is 8.19. The summed E-state index contributed by atoms with van der Waals surface area (Å²) in [6, 6.07) is 3.70. The minimum absolute atomic E-state index is 0.209. The van der Waals surface area contributed by atoms with Crippen LogP contribution in [0.2, 0.25) is 0 Å². The van der Waals surface area contributed by atoms with Crippen LogP contribution >= 0.6 is 11.3 Å². The molecule has 7 nitrogen and oxygen atoms in total. The fourth-order valence-electron chi connectivity index (χ4n) is 1.72. The molecule has 0 atom stereocenters. The lowest BCUT2D eigenvalue weighted by molar-refractivity contribution is -0.692. The monoisotopic (exact) mass is 311 g/mol. The van der Waals surface area contributed by atoms with E-state index >= 15 is 0 Å². The van der Waals surface area contributed by atoms with Crippen LogP contribution in [0.3, 0.4) is 0 Å². The van der Waals surface area contributed by atoms with Crippen molar-refractivity contribution < 1.29 is 17.5 Å². The van der Waals surface area contributed by atoms with E-state index in [1.807, 2.05) is 12.1 Å². The molecule has 3 aromatic heterocycles. The smallest absolute Gasteiger partial charge is 0.271 e. The summed E-state index contributed by atoms with van der Waals surface area (Å²) in [5, 5.41) is 5.23. The summed E-state index contributed by atoms with van der Waals surface area (Å²) in [7, 11) is -3.94. The van der Waals surface area contributed by atoms with E-state index in [4.69, 9.17) is 4.55 Å². The molecule has 0 aromatic carbocycles. The van der Waals surface area contributed by atoms with E-state index in [2.05, 4.69) is 10.1 Å². The lowest BCUT2D eigenvalue weighted by atomic mass is 10.3. The fraction of sp³-hybridized carbons (Fsp3) is 0.182. The van der Waals surface area contributed by atoms with Crippen molar-refractivity contribution in [1.82, 2.24) is 14.6 Å². The summed E-state index contributed by atoms with van der Waals surface area (Å²) in [5.41, 5.74) is 0.934. The Labute approximate surface area is 118 Å². The van der Waals surface area contributed by atoms with E-state index in [9.17, 15) is 8.42 Å². The molecule has 0 aliphatic rings. The zero-order valence-corrected chi connectivity index (χ0v) is 11.9. The van der Waals surface area contributed by atoms with Gasteiger partial charge < -0.3 is 0 Å². The quantitative estimate of drug-likeness (QED) is 0.564. The molecule has 0 amide bonds. The summed E-state index contributed by atoms with van der Waals surface area (Å²) in [6.07, 6.45) is 6.98. The molecule has 3 rings (SSSR count). The first-order chi connectivity index (χ1) is 9.51. The van der Waals surface area contributed by atoms with Gasteiger partial charge in [-0.2, -0.15) is 13.5 Å². The van der Waals surface area contributed by atoms with E-state index in [-0.39, 0.29) is 12.3 Å². The SMILES string of the molecule is O=S(=O)(O)CC[n+]1ccc(-c2nn3ccnc3s2)cc1. The van der Waals surface area contributed by atoms with Gasteiger partial charge in [-0.15, -0.1) is 0 Å². The number of aromatic nitrogens is 4. The maximum atomic E-state index is 10.7. The Morgan fingerprint density at radius 1 is 1.35 bits per heavy atom. The van der Waals surface area contributed by atoms with E-state index in [1.165, 1.54) is 11.3 Å². The highest BCUT2D eigenvalue weighted by atomic mass is 32.2. The molecule has 9 heteroatoms. The summed E-state index contributed by atoms with van der Waals surface area (Å²) in [5.74, 6) is -0.303. The Kier molecular flexibility index (Phi) is 3.24. The number of aryl methyl sites for hydroxylation is 1. The maximum Gasteiger partial charge on any atom is 0.271 e. The molecule has 0 radical (unpaired) electrons. The molecular formula is C11H11N4O3S2+. The van der Waals surface area contributed by atoms with Gasteiger partial charge in [-0.3, -0.25) is 4.55 Å². The molecule has 0 aliphatic carbocycles. The third-order valence-corrected chi connectivity index (χ3v) is 4.41. The average Bonchev–Trinajstić information content (AvgIpc) is 2.97. The highest BCUT2D eigenvalue weighted by molar-refractivity contribution is 7.85. The van der Waals surface area contributed by atoms with Gasteiger partial charge in [0.2, 0.25) is 4.96 Å². The molecule has 3 aromatic rings. The second-order valence-electron chi connectivity index (χ2n) is 4.17. The number of pyridine rings is 1. The van der Waals surface area contributed by atoms with Crippen LogP contribution in [0, 0.1) is 0 Å². The average molecular weight is 311 g/mol. The molecule has 104 valence electrons. The lowest BCUT2D eigenvalue weighted by Crippen LogP contribution is -2.36. The van der Waals surface area contributed by atoms with Gasteiger partial charge >= 0.3 is 0 Å². The zero-order chi connectivity index (χ0) is 14.2. The summed E-state index contributed by atoms with van der Waals surface area (Å²) in [4.78, 5) is 4.98. The van der Waals surface area contributed by atoms with Crippen molar-refractivity contribution in [2.45, 2.75) is 6.54 Å². The van der Waals surface area contributed by atoms with Crippen LogP contribution in [0.1, 0.15) is 0 Å². The van der Waals surface area contributed by atoms with E-state index in [1.54, 1.807) is 33.9 Å². The van der Waals surface area contributed by atoms with Gasteiger partial charge in [0, 0.05) is 23.9 Å². The van der Waals surface area contributed by atoms with Crippen LogP contribution in [0.4, 0.5) is 0 Å². The molecule has 0 unspecified atom stereocenters. The Balaban J connectivity index is 1.80. The Hall–Kier alpha value is -1.84. The minimum Gasteiger partial charge on any atom is -0.285 e. The molecule has 0 saturated heterocycles. The van der Waals surface area contributed by atoms with Gasteiger partial charge in [-0.05, 0) is 0 Å². The van der Waals surface area contributed by atoms with Crippen molar-refractivity contribution >= 4 is 26.4 Å². The first kappa shape index (κ1) is 13.2. The van der Waals surface area contributed by atoms with Crippen molar-refractivity contribution in [1.29, 1.82) is 0 Å². The molecular weight excluding hydrogens is 300 g/mol. The normalized spacial score (nSPS) is 12.1. The maximum absolute atomic E-state index is 10.7. The molecule has 3 heterocycles. The second kappa shape index (κ2) is 4.93. The van der Waals surface area contributed by atoms with Gasteiger partial charge in [0.1, 0.15) is 10.8 Å². The summed E-state index contributed by atoms with van der Waals surface area (Å²) >= 11 is 1.48. The van der Waals surface area contributed by atoms with Crippen molar-refractivity contribution in [3.8, 4) is 10.6 Å². The van der Waals surface area contributed by atoms with Crippen molar-refractivity contribution in [3.63, 3.8) is 0 Å². The van der Waals surface area contributed by atoms with Gasteiger partial charge in [-0.25, -0.2) is 14.1 Å². The van der Waals surface area contributed by atoms with E-state index < -0.39 is 10.1 Å². The number of nitrogens with zero attached hydrogens (tertiary/aromatic N) is 4. The number of hydrogen-bond acceptors (Lipinski definition) is 5. The fourth-order valence-corrected chi connectivity index (χ4v) is 3.03. The van der Waals surface area contributed by atoms with Crippen molar-refractivity contribution in [3.05, 3.63) is 36.9 Å². The highest BCUT2D eigenvalue weighted by Gasteiger charge is 2.11. The van der Waals surface area contributed by atoms with E-state index in [0.717, 1.165) is 15.5 Å². The van der Waals surface area contributed by atoms with Crippen LogP contribution in [-0.2, 0) is 16.7 Å². The number of hydrogen-bond donors (Lipinski definition) is 1. The molecule has 0 spiro atoms. The summed E-state index contributed by atoms with van der Waals surface area (Å²) in [6.45, 7) is 0.209. The molecule has 0 fully saturated rings. The van der Waals surface area contributed by atoms with Crippen molar-refractivity contribution in [2.75, 3.05) is 5.75 Å². The summed E-state index contributed by atoms with van der Waals surface area (Å²) < 4.78 is 33.5. The Morgan fingerprint density at radius 2 is 2.10 bits per heavy atom. The van der Waals surface area contributed by atoms with Gasteiger partial charge in [0.05, 0.1) is 6.20 Å². The van der Waals surface area contributed by atoms with Gasteiger partial charge in [0.15, 0.2) is 18.9 Å². The predicted molar refractivity (Wildman–Crippen MR) is 72.9 cm³/mol. The number of fused-ring (bicyclic) bond motifs is 1. The van der Waals surface area contributed by atoms with Gasteiger partial charge in [-0.1, -0.05) is 11.3 Å². The van der Waals surface area contributed by atoms with Gasteiger partial charge in [0.25, 0.3) is 10.1 Å². The molecule has 20 heavy (non-hydrogen) atoms. The molecule has 0 bridgehead atoms. The number of rotatable bonds is 4. The largest absolute Gasteiger partial charge is 0.285 e. The van der Waals surface area contributed by atoms with Crippen LogP contribution < -0.4 is 4.57 Å². The second-order valence-corrected chi connectivity index (χ2v) is 6.70. The predicted octanol–water partition coefficient (Wildman–Crippen LogP) is 0.633. The zero-order valence-electron chi connectivity index (χ0n) is 10.2. The van der Waals surface area contributed by atoms with Crippen LogP contribution in [0.5, 0.6) is 0 Å². The third-order valence-electron chi connectivity index (χ3n) is 2.72. The number of imidazole rings is 1. The van der Waals surface area contributed by atoms with Crippen LogP contribution in [-0.4, -0.2) is 33.3 Å². The van der Waals surface area contributed by atoms with Crippen LogP contribution in [0.25, 0.3) is 15.5 Å². The van der Waals surface area contributed by atoms with Crippen molar-refractivity contribution in [2.24, 2.45) is 0 Å². The topological polar surface area (TPSA) is 88.4 Å². The van der Waals surface area contributed by atoms with E-state index in [0.29, 0.717) is 0 Å². The molecule has 0 saturated carbocycles. The highest BCUT2D eigenvalue weighted by Crippen LogP contribution is 2.23. The Morgan fingerprint density at radius 3 is 2.75 bits per heavy atom. The Bertz CT molecular complexity index is 808. The third kappa shape index (κ3) is 2.84. The molecule has 1 N–H and O–H groups in total. The first-order valence-electron chi connectivity index (χ1n) is 5.76. The minimum atomic E-state index is -3.94. The van der Waals surface area contributed by atoms with Crippen LogP contribution in [0.15, 0.2) is 36.9 Å². The lowest BCUT2D eigenvalue weighted by Gasteiger charge is -1.97. The standard InChI is InChI=1S/C11H10N4O3S2/c16-20(17,18)8-7-14-4-1-9(2-5-14)10-13-15-6-3-12-11(15)19-10/h1-6H,7-8H2/p+1. The molecule has 0 aliphatic heterocycles.